The third kappa shape index (κ3) is 2.66. The molecule has 1 aromatic carbocycles. The van der Waals surface area contributed by atoms with E-state index in [4.69, 9.17) is 16.0 Å². The van der Waals surface area contributed by atoms with Crippen LogP contribution in [0, 0.1) is 13.8 Å². The van der Waals surface area contributed by atoms with E-state index in [-0.39, 0.29) is 0 Å². The predicted molar refractivity (Wildman–Crippen MR) is 85.7 cm³/mol. The minimum atomic E-state index is 0.500. The molecule has 0 aliphatic carbocycles. The summed E-state index contributed by atoms with van der Waals surface area (Å²) in [6.45, 7) is 6.09. The summed E-state index contributed by atoms with van der Waals surface area (Å²) in [4.78, 5) is 8.95. The average Bonchev–Trinajstić information content (AvgIpc) is 2.85. The smallest absolute Gasteiger partial charge is 0.154 e. The molecule has 0 aliphatic rings. The molecule has 0 fully saturated rings. The first kappa shape index (κ1) is 14.1. The van der Waals surface area contributed by atoms with E-state index in [1.807, 2.05) is 25.1 Å². The van der Waals surface area contributed by atoms with Gasteiger partial charge in [0.1, 0.15) is 22.3 Å². The van der Waals surface area contributed by atoms with Crippen molar-refractivity contribution in [3.63, 3.8) is 0 Å². The van der Waals surface area contributed by atoms with Crippen molar-refractivity contribution in [2.24, 2.45) is 0 Å². The molecule has 0 atom stereocenters. The van der Waals surface area contributed by atoms with E-state index in [0.29, 0.717) is 5.15 Å². The van der Waals surface area contributed by atoms with Gasteiger partial charge in [-0.3, -0.25) is 0 Å². The topological polar surface area (TPSA) is 38.9 Å². The van der Waals surface area contributed by atoms with Crippen LogP contribution in [-0.4, -0.2) is 9.97 Å². The Morgan fingerprint density at radius 2 is 1.95 bits per heavy atom. The van der Waals surface area contributed by atoms with Crippen LogP contribution >= 0.6 is 11.6 Å². The number of furan rings is 1. The van der Waals surface area contributed by atoms with E-state index < -0.39 is 0 Å². The molecule has 0 bridgehead atoms. The summed E-state index contributed by atoms with van der Waals surface area (Å²) in [5, 5.41) is 1.58. The first-order valence-electron chi connectivity index (χ1n) is 7.12. The zero-order valence-corrected chi connectivity index (χ0v) is 13.2. The van der Waals surface area contributed by atoms with Gasteiger partial charge in [-0.15, -0.1) is 0 Å². The molecule has 0 unspecified atom stereocenters. The highest BCUT2D eigenvalue weighted by Crippen LogP contribution is 2.31. The highest BCUT2D eigenvalue weighted by Gasteiger charge is 2.15. The summed E-state index contributed by atoms with van der Waals surface area (Å²) in [6.07, 6.45) is 1.80. The molecule has 0 N–H and O–H groups in total. The molecular formula is C17H17ClN2O. The van der Waals surface area contributed by atoms with Crippen LogP contribution in [0.3, 0.4) is 0 Å². The third-order valence-corrected chi connectivity index (χ3v) is 3.88. The molecule has 3 rings (SSSR count). The van der Waals surface area contributed by atoms with Gasteiger partial charge in [0.25, 0.3) is 0 Å². The number of halogens is 1. The van der Waals surface area contributed by atoms with Crippen molar-refractivity contribution >= 4 is 22.6 Å². The van der Waals surface area contributed by atoms with Crippen LogP contribution in [0.5, 0.6) is 0 Å². The van der Waals surface area contributed by atoms with Gasteiger partial charge in [0.15, 0.2) is 5.76 Å². The van der Waals surface area contributed by atoms with E-state index in [1.54, 1.807) is 0 Å². The minimum absolute atomic E-state index is 0.500. The average molecular weight is 301 g/mol. The SMILES string of the molecule is CCCc1nc(Cl)c(C)c(-c2cc3cc(C)ccc3o2)n1. The number of hydrogen-bond acceptors (Lipinski definition) is 3. The van der Waals surface area contributed by atoms with E-state index in [0.717, 1.165) is 46.7 Å². The van der Waals surface area contributed by atoms with Gasteiger partial charge in [-0.25, -0.2) is 9.97 Å². The summed E-state index contributed by atoms with van der Waals surface area (Å²) in [7, 11) is 0. The molecule has 0 aliphatic heterocycles. The van der Waals surface area contributed by atoms with Crippen LogP contribution < -0.4 is 0 Å². The lowest BCUT2D eigenvalue weighted by molar-refractivity contribution is 0.626. The largest absolute Gasteiger partial charge is 0.454 e. The molecule has 3 nitrogen and oxygen atoms in total. The zero-order valence-electron chi connectivity index (χ0n) is 12.4. The lowest BCUT2D eigenvalue weighted by Crippen LogP contribution is -2.00. The number of fused-ring (bicyclic) bond motifs is 1. The number of nitrogens with zero attached hydrogens (tertiary/aromatic N) is 2. The summed E-state index contributed by atoms with van der Waals surface area (Å²) in [5.41, 5.74) is 3.71. The summed E-state index contributed by atoms with van der Waals surface area (Å²) in [5.74, 6) is 1.51. The lowest BCUT2D eigenvalue weighted by Gasteiger charge is -2.06. The molecule has 2 heterocycles. The predicted octanol–water partition coefficient (Wildman–Crippen LogP) is 5.11. The molecule has 0 spiro atoms. The van der Waals surface area contributed by atoms with Crippen LogP contribution in [0.15, 0.2) is 28.7 Å². The van der Waals surface area contributed by atoms with Gasteiger partial charge in [-0.2, -0.15) is 0 Å². The Kier molecular flexibility index (Phi) is 3.68. The Balaban J connectivity index is 2.16. The maximum atomic E-state index is 6.24. The Morgan fingerprint density at radius 1 is 1.14 bits per heavy atom. The van der Waals surface area contributed by atoms with Crippen LogP contribution in [0.4, 0.5) is 0 Å². The standard InChI is InChI=1S/C17H17ClN2O/c1-4-5-15-19-16(11(3)17(18)20-15)14-9-12-8-10(2)6-7-13(12)21-14/h6-9H,4-5H2,1-3H3. The molecule has 0 saturated carbocycles. The number of aryl methyl sites for hydroxylation is 2. The summed E-state index contributed by atoms with van der Waals surface area (Å²) in [6, 6.07) is 8.15. The number of benzene rings is 1. The van der Waals surface area contributed by atoms with Crippen LogP contribution in [0.2, 0.25) is 5.15 Å². The van der Waals surface area contributed by atoms with Crippen LogP contribution in [-0.2, 0) is 6.42 Å². The Hall–Kier alpha value is -1.87. The second-order valence-electron chi connectivity index (χ2n) is 5.31. The lowest BCUT2D eigenvalue weighted by atomic mass is 10.1. The summed E-state index contributed by atoms with van der Waals surface area (Å²) >= 11 is 6.24. The van der Waals surface area contributed by atoms with Crippen molar-refractivity contribution in [1.82, 2.24) is 9.97 Å². The maximum Gasteiger partial charge on any atom is 0.154 e. The molecule has 3 aromatic rings. The molecule has 21 heavy (non-hydrogen) atoms. The Bertz CT molecular complexity index is 808. The van der Waals surface area contributed by atoms with Gasteiger partial charge in [-0.1, -0.05) is 30.2 Å². The zero-order chi connectivity index (χ0) is 15.0. The first-order chi connectivity index (χ1) is 10.1. The quantitative estimate of drug-likeness (QED) is 0.631. The molecule has 2 aromatic heterocycles. The van der Waals surface area contributed by atoms with Crippen molar-refractivity contribution in [2.45, 2.75) is 33.6 Å². The van der Waals surface area contributed by atoms with Crippen molar-refractivity contribution in [1.29, 1.82) is 0 Å². The van der Waals surface area contributed by atoms with E-state index >= 15 is 0 Å². The normalized spacial score (nSPS) is 11.2. The fraction of sp³-hybridized carbons (Fsp3) is 0.294. The van der Waals surface area contributed by atoms with Gasteiger partial charge in [-0.05, 0) is 38.5 Å². The summed E-state index contributed by atoms with van der Waals surface area (Å²) < 4.78 is 5.93. The van der Waals surface area contributed by atoms with Crippen LogP contribution in [0.1, 0.15) is 30.3 Å². The van der Waals surface area contributed by atoms with Gasteiger partial charge in [0, 0.05) is 17.4 Å². The minimum Gasteiger partial charge on any atom is -0.454 e. The van der Waals surface area contributed by atoms with E-state index in [9.17, 15) is 0 Å². The highest BCUT2D eigenvalue weighted by atomic mass is 35.5. The van der Waals surface area contributed by atoms with Crippen molar-refractivity contribution in [3.05, 3.63) is 46.4 Å². The molecule has 0 saturated heterocycles. The second-order valence-corrected chi connectivity index (χ2v) is 5.66. The monoisotopic (exact) mass is 300 g/mol. The fourth-order valence-electron chi connectivity index (χ4n) is 2.39. The van der Waals surface area contributed by atoms with Gasteiger partial charge in [0.2, 0.25) is 0 Å². The molecule has 0 radical (unpaired) electrons. The fourth-order valence-corrected chi connectivity index (χ4v) is 2.57. The molecule has 0 amide bonds. The number of rotatable bonds is 3. The number of aromatic nitrogens is 2. The van der Waals surface area contributed by atoms with Gasteiger partial charge < -0.3 is 4.42 Å². The van der Waals surface area contributed by atoms with Gasteiger partial charge in [0.05, 0.1) is 0 Å². The van der Waals surface area contributed by atoms with Crippen molar-refractivity contribution in [3.8, 4) is 11.5 Å². The van der Waals surface area contributed by atoms with E-state index in [1.165, 1.54) is 5.56 Å². The van der Waals surface area contributed by atoms with Gasteiger partial charge >= 0.3 is 0 Å². The number of hydrogen-bond donors (Lipinski definition) is 0. The molecular weight excluding hydrogens is 284 g/mol. The van der Waals surface area contributed by atoms with Crippen LogP contribution in [0.25, 0.3) is 22.4 Å². The third-order valence-electron chi connectivity index (χ3n) is 3.51. The maximum absolute atomic E-state index is 6.24. The Labute approximate surface area is 129 Å². The highest BCUT2D eigenvalue weighted by molar-refractivity contribution is 6.30. The van der Waals surface area contributed by atoms with E-state index in [2.05, 4.69) is 29.9 Å². The van der Waals surface area contributed by atoms with Crippen molar-refractivity contribution < 1.29 is 4.42 Å². The Morgan fingerprint density at radius 3 is 2.71 bits per heavy atom. The molecule has 108 valence electrons. The molecule has 4 heteroatoms. The van der Waals surface area contributed by atoms with Crippen molar-refractivity contribution in [2.75, 3.05) is 0 Å². The first-order valence-corrected chi connectivity index (χ1v) is 7.50. The second kappa shape index (κ2) is 5.49.